The minimum absolute atomic E-state index is 0.0790. The van der Waals surface area contributed by atoms with Crippen molar-refractivity contribution < 1.29 is 9.59 Å². The lowest BCUT2D eigenvalue weighted by Gasteiger charge is -2.08. The average Bonchev–Trinajstić information content (AvgIpc) is 3.38. The van der Waals surface area contributed by atoms with Crippen LogP contribution in [0.15, 0.2) is 48.5 Å². The van der Waals surface area contributed by atoms with E-state index in [1.54, 1.807) is 24.3 Å². The van der Waals surface area contributed by atoms with E-state index in [0.29, 0.717) is 35.2 Å². The molecule has 124 valence electrons. The fraction of sp³-hybridized carbons (Fsp3) is 0.263. The van der Waals surface area contributed by atoms with Crippen LogP contribution in [0, 0.1) is 0 Å². The zero-order valence-electron chi connectivity index (χ0n) is 13.2. The van der Waals surface area contributed by atoms with Crippen LogP contribution in [-0.4, -0.2) is 17.9 Å². The lowest BCUT2D eigenvalue weighted by atomic mass is 10.1. The van der Waals surface area contributed by atoms with Crippen molar-refractivity contribution in [3.63, 3.8) is 0 Å². The van der Waals surface area contributed by atoms with Crippen molar-refractivity contribution in [3.8, 4) is 0 Å². The van der Waals surface area contributed by atoms with Crippen molar-refractivity contribution in [1.82, 2.24) is 5.32 Å². The van der Waals surface area contributed by atoms with Gasteiger partial charge in [0.25, 0.3) is 5.91 Å². The highest BCUT2D eigenvalue weighted by atomic mass is 35.5. The molecule has 2 aromatic rings. The monoisotopic (exact) mass is 342 g/mol. The maximum Gasteiger partial charge on any atom is 0.251 e. The normalized spacial score (nSPS) is 13.4. The fourth-order valence-electron chi connectivity index (χ4n) is 2.37. The molecule has 2 aromatic carbocycles. The molecule has 0 saturated heterocycles. The summed E-state index contributed by atoms with van der Waals surface area (Å²) in [5, 5.41) is 6.47. The molecule has 1 fully saturated rings. The second kappa shape index (κ2) is 7.49. The van der Waals surface area contributed by atoms with Crippen LogP contribution in [0.5, 0.6) is 0 Å². The minimum Gasteiger partial charge on any atom is -0.349 e. The Hall–Kier alpha value is -2.33. The molecule has 1 saturated carbocycles. The van der Waals surface area contributed by atoms with Crippen molar-refractivity contribution in [2.45, 2.75) is 31.7 Å². The first-order valence-corrected chi connectivity index (χ1v) is 8.43. The number of halogens is 1. The summed E-state index contributed by atoms with van der Waals surface area (Å²) in [4.78, 5) is 24.1. The molecule has 2 amide bonds. The molecule has 0 spiro atoms. The number of anilines is 1. The molecule has 0 aromatic heterocycles. The summed E-state index contributed by atoms with van der Waals surface area (Å²) >= 11 is 5.85. The van der Waals surface area contributed by atoms with Gasteiger partial charge in [0.15, 0.2) is 0 Å². The van der Waals surface area contributed by atoms with Crippen molar-refractivity contribution in [1.29, 1.82) is 0 Å². The largest absolute Gasteiger partial charge is 0.349 e. The minimum atomic E-state index is -0.0882. The van der Waals surface area contributed by atoms with Gasteiger partial charge in [-0.25, -0.2) is 0 Å². The van der Waals surface area contributed by atoms with E-state index in [1.807, 2.05) is 24.3 Å². The number of nitrogens with one attached hydrogen (secondary N) is 2. The van der Waals surface area contributed by atoms with E-state index in [9.17, 15) is 9.59 Å². The Bertz CT molecular complexity index is 739. The summed E-state index contributed by atoms with van der Waals surface area (Å²) in [6.45, 7) is 0. The predicted molar refractivity (Wildman–Crippen MR) is 95.3 cm³/mol. The van der Waals surface area contributed by atoms with E-state index in [0.717, 1.165) is 18.4 Å². The van der Waals surface area contributed by atoms with Crippen LogP contribution in [0.3, 0.4) is 0 Å². The first-order chi connectivity index (χ1) is 11.6. The number of carbonyl (C=O) groups excluding carboxylic acids is 2. The summed E-state index contributed by atoms with van der Waals surface area (Å²) in [7, 11) is 0. The predicted octanol–water partition coefficient (Wildman–Crippen LogP) is 3.80. The third kappa shape index (κ3) is 4.83. The molecule has 1 aliphatic carbocycles. The Morgan fingerprint density at radius 3 is 2.54 bits per heavy atom. The number of hydrogen-bond donors (Lipinski definition) is 2. The Balaban J connectivity index is 1.53. The van der Waals surface area contributed by atoms with Crippen molar-refractivity contribution in [2.75, 3.05) is 5.32 Å². The van der Waals surface area contributed by atoms with Crippen LogP contribution in [0.2, 0.25) is 5.02 Å². The number of hydrogen-bond acceptors (Lipinski definition) is 2. The van der Waals surface area contributed by atoms with Gasteiger partial charge in [0.05, 0.1) is 0 Å². The van der Waals surface area contributed by atoms with Crippen molar-refractivity contribution in [3.05, 3.63) is 64.7 Å². The van der Waals surface area contributed by atoms with Crippen LogP contribution >= 0.6 is 11.6 Å². The van der Waals surface area contributed by atoms with Crippen molar-refractivity contribution >= 4 is 29.1 Å². The number of carbonyl (C=O) groups is 2. The lowest BCUT2D eigenvalue weighted by molar-refractivity contribution is -0.116. The maximum absolute atomic E-state index is 12.1. The first-order valence-electron chi connectivity index (χ1n) is 8.05. The van der Waals surface area contributed by atoms with Crippen LogP contribution in [0.1, 0.15) is 35.2 Å². The number of aryl methyl sites for hydroxylation is 1. The van der Waals surface area contributed by atoms with E-state index < -0.39 is 0 Å². The van der Waals surface area contributed by atoms with E-state index >= 15 is 0 Å². The smallest absolute Gasteiger partial charge is 0.251 e. The Labute approximate surface area is 146 Å². The summed E-state index contributed by atoms with van der Waals surface area (Å²) < 4.78 is 0. The highest BCUT2D eigenvalue weighted by molar-refractivity contribution is 6.30. The molecule has 0 bridgehead atoms. The lowest BCUT2D eigenvalue weighted by Crippen LogP contribution is -2.25. The molecular weight excluding hydrogens is 324 g/mol. The summed E-state index contributed by atoms with van der Waals surface area (Å²) in [6.07, 6.45) is 3.12. The topological polar surface area (TPSA) is 58.2 Å². The van der Waals surface area contributed by atoms with Gasteiger partial charge in [-0.05, 0) is 55.2 Å². The van der Waals surface area contributed by atoms with Gasteiger partial charge in [0.2, 0.25) is 5.91 Å². The quantitative estimate of drug-likeness (QED) is 0.838. The second-order valence-corrected chi connectivity index (χ2v) is 6.44. The van der Waals surface area contributed by atoms with Gasteiger partial charge in [0.1, 0.15) is 0 Å². The summed E-state index contributed by atoms with van der Waals surface area (Å²) in [6, 6.07) is 14.8. The van der Waals surface area contributed by atoms with Crippen LogP contribution < -0.4 is 10.6 Å². The molecule has 4 nitrogen and oxygen atoms in total. The molecule has 0 radical (unpaired) electrons. The average molecular weight is 343 g/mol. The molecule has 0 heterocycles. The molecule has 3 rings (SSSR count). The zero-order chi connectivity index (χ0) is 16.9. The zero-order valence-corrected chi connectivity index (χ0v) is 14.0. The van der Waals surface area contributed by atoms with Gasteiger partial charge >= 0.3 is 0 Å². The highest BCUT2D eigenvalue weighted by Gasteiger charge is 2.23. The molecule has 0 atom stereocenters. The molecule has 1 aliphatic rings. The molecule has 0 unspecified atom stereocenters. The molecule has 5 heteroatoms. The molecular formula is C19H19ClN2O2. The third-order valence-electron chi connectivity index (χ3n) is 3.88. The molecule has 0 aliphatic heterocycles. The standard InChI is InChI=1S/C19H19ClN2O2/c20-15-7-4-13(5-8-15)6-11-18(23)21-17-3-1-2-14(12-17)19(24)22-16-9-10-16/h1-5,7-8,12,16H,6,9-11H2,(H,21,23)(H,22,24). The van der Waals surface area contributed by atoms with Crippen LogP contribution in [0.25, 0.3) is 0 Å². The summed E-state index contributed by atoms with van der Waals surface area (Å²) in [5.74, 6) is -0.167. The van der Waals surface area contributed by atoms with E-state index in [-0.39, 0.29) is 11.8 Å². The Kier molecular flexibility index (Phi) is 5.16. The van der Waals surface area contributed by atoms with E-state index in [1.165, 1.54) is 0 Å². The maximum atomic E-state index is 12.1. The van der Waals surface area contributed by atoms with Crippen LogP contribution in [0.4, 0.5) is 5.69 Å². The SMILES string of the molecule is O=C(CCc1ccc(Cl)cc1)Nc1cccc(C(=O)NC2CC2)c1. The Morgan fingerprint density at radius 2 is 1.83 bits per heavy atom. The first kappa shape index (κ1) is 16.5. The summed E-state index contributed by atoms with van der Waals surface area (Å²) in [5.41, 5.74) is 2.27. The molecule has 24 heavy (non-hydrogen) atoms. The van der Waals surface area contributed by atoms with Gasteiger partial charge in [-0.2, -0.15) is 0 Å². The van der Waals surface area contributed by atoms with E-state index in [2.05, 4.69) is 10.6 Å². The van der Waals surface area contributed by atoms with Gasteiger partial charge in [-0.15, -0.1) is 0 Å². The second-order valence-electron chi connectivity index (χ2n) is 6.00. The van der Waals surface area contributed by atoms with Gasteiger partial charge < -0.3 is 10.6 Å². The highest BCUT2D eigenvalue weighted by Crippen LogP contribution is 2.20. The number of amides is 2. The number of rotatable bonds is 6. The Morgan fingerprint density at radius 1 is 1.08 bits per heavy atom. The van der Waals surface area contributed by atoms with E-state index in [4.69, 9.17) is 11.6 Å². The fourth-order valence-corrected chi connectivity index (χ4v) is 2.49. The van der Waals surface area contributed by atoms with Gasteiger partial charge in [-0.1, -0.05) is 29.8 Å². The van der Waals surface area contributed by atoms with Crippen LogP contribution in [-0.2, 0) is 11.2 Å². The third-order valence-corrected chi connectivity index (χ3v) is 4.13. The van der Waals surface area contributed by atoms with Gasteiger partial charge in [0, 0.05) is 28.7 Å². The van der Waals surface area contributed by atoms with Gasteiger partial charge in [-0.3, -0.25) is 9.59 Å². The molecule has 2 N–H and O–H groups in total. The number of benzene rings is 2. The van der Waals surface area contributed by atoms with Crippen molar-refractivity contribution in [2.24, 2.45) is 0 Å².